The lowest BCUT2D eigenvalue weighted by Gasteiger charge is -2.48. The summed E-state index contributed by atoms with van der Waals surface area (Å²) in [4.78, 5) is 61.3. The summed E-state index contributed by atoms with van der Waals surface area (Å²) in [7, 11) is 1.72. The van der Waals surface area contributed by atoms with Crippen LogP contribution < -0.4 is 9.80 Å². The van der Waals surface area contributed by atoms with Gasteiger partial charge in [-0.05, 0) is 98.2 Å². The maximum atomic E-state index is 15.0. The first-order valence-corrected chi connectivity index (χ1v) is 19.0. The van der Waals surface area contributed by atoms with Crippen LogP contribution >= 0.6 is 38.9 Å². The summed E-state index contributed by atoms with van der Waals surface area (Å²) >= 11 is 11.3. The predicted octanol–water partition coefficient (Wildman–Crippen LogP) is 7.55. The molecular weight excluding hydrogens is 768 g/mol. The molecule has 264 valence electrons. The van der Waals surface area contributed by atoms with Crippen molar-refractivity contribution < 1.29 is 28.7 Å². The minimum atomic E-state index is -1.29. The fourth-order valence-electron chi connectivity index (χ4n) is 9.23. The van der Waals surface area contributed by atoms with Gasteiger partial charge in [0.1, 0.15) is 29.6 Å². The van der Waals surface area contributed by atoms with Crippen LogP contribution in [0.5, 0.6) is 0 Å². The molecule has 13 heteroatoms. The Morgan fingerprint density at radius 3 is 2.50 bits per heavy atom. The van der Waals surface area contributed by atoms with Crippen LogP contribution in [0.4, 0.5) is 11.5 Å². The highest BCUT2D eigenvalue weighted by atomic mass is 79.9. The molecule has 9 rings (SSSR count). The average molecular weight is 800 g/mol. The normalized spacial score (nSPS) is 27.0. The number of anilines is 2. The van der Waals surface area contributed by atoms with Crippen LogP contribution in [0.25, 0.3) is 20.7 Å². The third kappa shape index (κ3) is 4.60. The van der Waals surface area contributed by atoms with Gasteiger partial charge in [0.05, 0.1) is 39.7 Å². The van der Waals surface area contributed by atoms with Crippen LogP contribution in [0.15, 0.2) is 81.2 Å². The molecule has 2 aromatic carbocycles. The number of nitrogens with zero attached hydrogens (tertiary/aromatic N) is 4. The van der Waals surface area contributed by atoms with E-state index in [0.29, 0.717) is 40.2 Å². The number of fused-ring (bicyclic) bond motifs is 5. The molecule has 0 bridgehead atoms. The van der Waals surface area contributed by atoms with Crippen LogP contribution in [0.2, 0.25) is 5.02 Å². The van der Waals surface area contributed by atoms with Crippen molar-refractivity contribution in [2.45, 2.75) is 39.2 Å². The molecule has 4 aliphatic rings. The Labute approximate surface area is 315 Å². The zero-order valence-corrected chi connectivity index (χ0v) is 31.5. The number of furan rings is 1. The molecule has 5 heterocycles. The molecule has 52 heavy (non-hydrogen) atoms. The number of halogens is 2. The molecule has 0 spiro atoms. The number of hydrogen-bond acceptors (Lipinski definition) is 8. The first-order chi connectivity index (χ1) is 24.9. The molecule has 1 N–H and O–H groups in total. The van der Waals surface area contributed by atoms with E-state index in [1.165, 1.54) is 9.80 Å². The summed E-state index contributed by atoms with van der Waals surface area (Å²) in [6.45, 7) is 3.47. The third-order valence-corrected chi connectivity index (χ3v) is 13.8. The maximum absolute atomic E-state index is 15.0. The fourth-order valence-corrected chi connectivity index (χ4v) is 10.8. The largest absolute Gasteiger partial charge is 0.463 e. The second-order valence-corrected chi connectivity index (χ2v) is 16.7. The summed E-state index contributed by atoms with van der Waals surface area (Å²) < 4.78 is 9.59. The van der Waals surface area contributed by atoms with E-state index in [0.717, 1.165) is 30.6 Å². The first kappa shape index (κ1) is 33.5. The van der Waals surface area contributed by atoms with Gasteiger partial charge >= 0.3 is 0 Å². The standard InChI is InChI=1S/C39H32BrClN4O6S/c1-18-25-14-20(41)6-13-30(25)52-34(18)28-16-31(43(3)42-28)45-36(48)27-15-26-23(33(39(27,2)38(45)50)29-12-9-22(17-46)51-29)10-11-24-32(26)37(49)44(35(24)47)21-7-4-19(40)5-8-21/h4-10,12-14,16,24,26-27,32-33,46H,11,15,17H2,1-3H3/t24-,26+,27-,32-,33+,39+/m0/s1. The summed E-state index contributed by atoms with van der Waals surface area (Å²) in [5, 5.41) is 16.4. The SMILES string of the molecule is Cc1c(-c2cc(N3C(=O)[C@@H]4C[C@@H]5C(=CC[C@@H]6C(=O)N(c7ccc(Br)cc7)C(=O)[C@@H]65)[C@H](c5ccc(CO)o5)[C@]4(C)C3=O)n(C)n2)sc2ccc(Cl)cc12. The van der Waals surface area contributed by atoms with E-state index >= 15 is 0 Å². The number of hydrogen-bond donors (Lipinski definition) is 1. The molecule has 5 aromatic rings. The van der Waals surface area contributed by atoms with Gasteiger partial charge in [0.25, 0.3) is 0 Å². The van der Waals surface area contributed by atoms with E-state index in [1.807, 2.05) is 31.2 Å². The average Bonchev–Trinajstić information content (AvgIpc) is 3.92. The molecule has 0 unspecified atom stereocenters. The topological polar surface area (TPSA) is 126 Å². The molecule has 4 amide bonds. The minimum absolute atomic E-state index is 0.211. The van der Waals surface area contributed by atoms with Gasteiger partial charge in [-0.25, -0.2) is 4.90 Å². The summed E-state index contributed by atoms with van der Waals surface area (Å²) in [5.74, 6) is -3.60. The van der Waals surface area contributed by atoms with Crippen LogP contribution in [0.1, 0.15) is 42.8 Å². The van der Waals surface area contributed by atoms with E-state index in [4.69, 9.17) is 21.1 Å². The van der Waals surface area contributed by atoms with Gasteiger partial charge in [-0.3, -0.25) is 28.8 Å². The van der Waals surface area contributed by atoms with Crippen LogP contribution in [0, 0.1) is 36.0 Å². The van der Waals surface area contributed by atoms with Crippen molar-refractivity contribution in [2.24, 2.45) is 36.1 Å². The predicted molar refractivity (Wildman–Crippen MR) is 200 cm³/mol. The number of thiophene rings is 1. The number of benzene rings is 2. The van der Waals surface area contributed by atoms with Crippen molar-refractivity contribution >= 4 is 84.1 Å². The van der Waals surface area contributed by atoms with Crippen molar-refractivity contribution in [3.05, 3.63) is 98.9 Å². The number of carbonyl (C=O) groups excluding carboxylic acids is 4. The van der Waals surface area contributed by atoms with Crippen LogP contribution in [-0.2, 0) is 32.8 Å². The number of aryl methyl sites for hydroxylation is 2. The molecule has 1 saturated carbocycles. The highest BCUT2D eigenvalue weighted by Gasteiger charge is 2.68. The highest BCUT2D eigenvalue weighted by Crippen LogP contribution is 2.64. The van der Waals surface area contributed by atoms with Crippen molar-refractivity contribution in [3.63, 3.8) is 0 Å². The fraction of sp³-hybridized carbons (Fsp3) is 0.308. The first-order valence-electron chi connectivity index (χ1n) is 17.1. The van der Waals surface area contributed by atoms with E-state index < -0.39 is 40.9 Å². The number of allylic oxidation sites excluding steroid dienone is 2. The second-order valence-electron chi connectivity index (χ2n) is 14.3. The Morgan fingerprint density at radius 1 is 1.00 bits per heavy atom. The van der Waals surface area contributed by atoms with Gasteiger partial charge in [0, 0.05) is 27.3 Å². The Hall–Kier alpha value is -4.36. The summed E-state index contributed by atoms with van der Waals surface area (Å²) in [6, 6.07) is 18.0. The monoisotopic (exact) mass is 798 g/mol. The Bertz CT molecular complexity index is 2410. The lowest BCUT2D eigenvalue weighted by Crippen LogP contribution is -2.48. The van der Waals surface area contributed by atoms with Crippen molar-refractivity contribution in [2.75, 3.05) is 9.80 Å². The quantitative estimate of drug-likeness (QED) is 0.144. The zero-order chi connectivity index (χ0) is 36.4. The molecule has 3 aromatic heterocycles. The highest BCUT2D eigenvalue weighted by molar-refractivity contribution is 9.10. The van der Waals surface area contributed by atoms with Crippen LogP contribution in [-0.4, -0.2) is 38.5 Å². The van der Waals surface area contributed by atoms with Gasteiger partial charge in [-0.2, -0.15) is 5.10 Å². The van der Waals surface area contributed by atoms with E-state index in [-0.39, 0.29) is 30.7 Å². The molecule has 3 fully saturated rings. The molecular formula is C39H32BrClN4O6S. The maximum Gasteiger partial charge on any atom is 0.242 e. The molecule has 2 aliphatic heterocycles. The smallest absolute Gasteiger partial charge is 0.242 e. The lowest BCUT2D eigenvalue weighted by molar-refractivity contribution is -0.131. The number of carbonyl (C=O) groups is 4. The molecule has 2 aliphatic carbocycles. The zero-order valence-electron chi connectivity index (χ0n) is 28.3. The van der Waals surface area contributed by atoms with Gasteiger partial charge in [-0.1, -0.05) is 39.2 Å². The molecule has 6 atom stereocenters. The summed E-state index contributed by atoms with van der Waals surface area (Å²) in [6.07, 6.45) is 2.51. The van der Waals surface area contributed by atoms with Crippen molar-refractivity contribution in [1.82, 2.24) is 9.78 Å². The Balaban J connectivity index is 1.14. The second kappa shape index (κ2) is 11.8. The number of aromatic nitrogens is 2. The number of rotatable bonds is 5. The minimum Gasteiger partial charge on any atom is -0.463 e. The van der Waals surface area contributed by atoms with Crippen molar-refractivity contribution in [3.8, 4) is 10.6 Å². The van der Waals surface area contributed by atoms with Crippen LogP contribution in [0.3, 0.4) is 0 Å². The molecule has 10 nitrogen and oxygen atoms in total. The van der Waals surface area contributed by atoms with Gasteiger partial charge in [0.2, 0.25) is 23.6 Å². The number of imide groups is 2. The van der Waals surface area contributed by atoms with Crippen molar-refractivity contribution in [1.29, 1.82) is 0 Å². The number of aliphatic hydroxyl groups excluding tert-OH is 1. The van der Waals surface area contributed by atoms with E-state index in [1.54, 1.807) is 72.5 Å². The molecule has 2 saturated heterocycles. The van der Waals surface area contributed by atoms with Gasteiger partial charge in [0.15, 0.2) is 0 Å². The summed E-state index contributed by atoms with van der Waals surface area (Å²) in [5.41, 5.74) is 1.65. The third-order valence-electron chi connectivity index (χ3n) is 11.7. The Morgan fingerprint density at radius 2 is 1.77 bits per heavy atom. The Kier molecular flexibility index (Phi) is 7.61. The van der Waals surface area contributed by atoms with Gasteiger partial charge in [-0.15, -0.1) is 11.3 Å². The van der Waals surface area contributed by atoms with E-state index in [9.17, 15) is 24.3 Å². The molecule has 0 radical (unpaired) electrons. The van der Waals surface area contributed by atoms with Gasteiger partial charge < -0.3 is 9.52 Å². The lowest BCUT2D eigenvalue weighted by atomic mass is 9.52. The number of amides is 4. The number of aliphatic hydroxyl groups is 1. The van der Waals surface area contributed by atoms with E-state index in [2.05, 4.69) is 15.9 Å².